The second kappa shape index (κ2) is 11.8. The second-order valence-corrected chi connectivity index (χ2v) is 6.74. The van der Waals surface area contributed by atoms with Gasteiger partial charge in [-0.05, 0) is 48.4 Å². The first-order chi connectivity index (χ1) is 9.83. The van der Waals surface area contributed by atoms with E-state index in [0.717, 1.165) is 13.0 Å². The lowest BCUT2D eigenvalue weighted by atomic mass is 10.0. The fraction of sp³-hybridized carbons (Fsp3) is 0.882. The zero-order chi connectivity index (χ0) is 14.5. The Morgan fingerprint density at radius 3 is 2.05 bits per heavy atom. The standard InChI is InChI=1S/C17H31INO/c18-12-11-16-19(14-8-6-9-15-19)13-7-4-2-1-3-5-10-17-20/h20H,1-10,13-17H2/q+1. The maximum atomic E-state index is 8.74. The van der Waals surface area contributed by atoms with E-state index in [1.165, 1.54) is 81.9 Å². The molecule has 1 saturated heterocycles. The Kier molecular flexibility index (Phi) is 10.8. The lowest BCUT2D eigenvalue weighted by Gasteiger charge is -2.40. The van der Waals surface area contributed by atoms with E-state index in [9.17, 15) is 0 Å². The maximum absolute atomic E-state index is 8.74. The van der Waals surface area contributed by atoms with E-state index in [1.807, 2.05) is 0 Å². The molecule has 0 amide bonds. The number of rotatable bonds is 10. The Labute approximate surface area is 139 Å². The maximum Gasteiger partial charge on any atom is 0.141 e. The molecule has 1 heterocycles. The minimum absolute atomic E-state index is 0.359. The summed E-state index contributed by atoms with van der Waals surface area (Å²) in [5.74, 6) is 3.32. The smallest absolute Gasteiger partial charge is 0.141 e. The molecule has 1 rings (SSSR count). The van der Waals surface area contributed by atoms with Gasteiger partial charge in [0.15, 0.2) is 0 Å². The molecule has 0 aliphatic carbocycles. The van der Waals surface area contributed by atoms with Gasteiger partial charge < -0.3 is 9.59 Å². The van der Waals surface area contributed by atoms with Gasteiger partial charge >= 0.3 is 0 Å². The summed E-state index contributed by atoms with van der Waals surface area (Å²) in [4.78, 5) is 0. The summed E-state index contributed by atoms with van der Waals surface area (Å²) >= 11 is 2.17. The van der Waals surface area contributed by atoms with Crippen LogP contribution in [0.25, 0.3) is 0 Å². The van der Waals surface area contributed by atoms with E-state index < -0.39 is 0 Å². The minimum atomic E-state index is 0.359. The molecule has 1 aliphatic heterocycles. The Hall–Kier alpha value is 0.210. The highest BCUT2D eigenvalue weighted by atomic mass is 127. The number of hydrogen-bond donors (Lipinski definition) is 1. The molecule has 3 heteroatoms. The van der Waals surface area contributed by atoms with Crippen LogP contribution in [0.5, 0.6) is 0 Å². The molecule has 1 fully saturated rings. The topological polar surface area (TPSA) is 20.2 Å². The van der Waals surface area contributed by atoms with E-state index in [4.69, 9.17) is 5.11 Å². The van der Waals surface area contributed by atoms with Crippen molar-refractivity contribution >= 4 is 22.6 Å². The summed E-state index contributed by atoms with van der Waals surface area (Å²) in [6.07, 6.45) is 13.1. The fourth-order valence-corrected chi connectivity index (χ4v) is 3.45. The van der Waals surface area contributed by atoms with Gasteiger partial charge in [-0.15, -0.1) is 0 Å². The lowest BCUT2D eigenvalue weighted by molar-refractivity contribution is -0.926. The highest BCUT2D eigenvalue weighted by Gasteiger charge is 2.28. The van der Waals surface area contributed by atoms with Crippen molar-refractivity contribution in [2.75, 3.05) is 32.8 Å². The molecule has 0 bridgehead atoms. The monoisotopic (exact) mass is 392 g/mol. The van der Waals surface area contributed by atoms with E-state index in [0.29, 0.717) is 6.61 Å². The van der Waals surface area contributed by atoms with E-state index >= 15 is 0 Å². The Bertz CT molecular complexity index is 289. The molecule has 0 radical (unpaired) electrons. The largest absolute Gasteiger partial charge is 0.396 e. The van der Waals surface area contributed by atoms with Crippen LogP contribution < -0.4 is 0 Å². The molecule has 20 heavy (non-hydrogen) atoms. The van der Waals surface area contributed by atoms with Crippen LogP contribution in [0.4, 0.5) is 0 Å². The second-order valence-electron chi connectivity index (χ2n) is 6.20. The highest BCUT2D eigenvalue weighted by Crippen LogP contribution is 2.20. The number of hydrogen-bond acceptors (Lipinski definition) is 1. The number of likely N-dealkylation sites (tertiary alicyclic amines) is 1. The summed E-state index contributed by atoms with van der Waals surface area (Å²) < 4.78 is 4.32. The number of piperidine rings is 1. The molecule has 0 aromatic heterocycles. The highest BCUT2D eigenvalue weighted by molar-refractivity contribution is 14.1. The van der Waals surface area contributed by atoms with Crippen molar-refractivity contribution in [2.24, 2.45) is 0 Å². The van der Waals surface area contributed by atoms with Crippen molar-refractivity contribution < 1.29 is 9.59 Å². The summed E-state index contributed by atoms with van der Waals surface area (Å²) in [6.45, 7) is 5.46. The van der Waals surface area contributed by atoms with Crippen LogP contribution in [0.15, 0.2) is 0 Å². The van der Waals surface area contributed by atoms with Gasteiger partial charge in [0.2, 0.25) is 0 Å². The molecule has 0 atom stereocenters. The first-order valence-electron chi connectivity index (χ1n) is 8.37. The predicted octanol–water partition coefficient (Wildman–Crippen LogP) is 4.11. The van der Waals surface area contributed by atoms with Crippen LogP contribution >= 0.6 is 22.6 Å². The van der Waals surface area contributed by atoms with Gasteiger partial charge in [0.25, 0.3) is 0 Å². The van der Waals surface area contributed by atoms with Crippen molar-refractivity contribution in [3.63, 3.8) is 0 Å². The minimum Gasteiger partial charge on any atom is -0.396 e. The molecule has 0 unspecified atom stereocenters. The average molecular weight is 392 g/mol. The number of aliphatic hydroxyl groups is 1. The van der Waals surface area contributed by atoms with Crippen LogP contribution in [0.1, 0.15) is 64.2 Å². The number of nitrogens with zero attached hydrogens (tertiary/aromatic N) is 1. The molecule has 116 valence electrons. The van der Waals surface area contributed by atoms with Crippen LogP contribution in [0.2, 0.25) is 0 Å². The average Bonchev–Trinajstić information content (AvgIpc) is 2.49. The quantitative estimate of drug-likeness (QED) is 0.257. The number of quaternary nitrogens is 1. The van der Waals surface area contributed by atoms with Gasteiger partial charge in [0, 0.05) is 29.2 Å². The molecule has 0 aromatic rings. The van der Waals surface area contributed by atoms with Gasteiger partial charge in [0.1, 0.15) is 6.54 Å². The van der Waals surface area contributed by atoms with Crippen molar-refractivity contribution in [3.8, 4) is 9.85 Å². The first kappa shape index (κ1) is 18.3. The van der Waals surface area contributed by atoms with Crippen LogP contribution in [0.3, 0.4) is 0 Å². The molecular weight excluding hydrogens is 361 g/mol. The SMILES string of the molecule is OCCCCCCCCC[N+]1(CC#CI)CCCCC1. The third kappa shape index (κ3) is 7.85. The molecule has 1 aliphatic rings. The van der Waals surface area contributed by atoms with E-state index in [-0.39, 0.29) is 0 Å². The Morgan fingerprint density at radius 2 is 1.45 bits per heavy atom. The third-order valence-electron chi connectivity index (χ3n) is 4.54. The molecule has 0 saturated carbocycles. The zero-order valence-corrected chi connectivity index (χ0v) is 15.0. The molecule has 2 nitrogen and oxygen atoms in total. The van der Waals surface area contributed by atoms with Gasteiger partial charge in [-0.1, -0.05) is 25.7 Å². The zero-order valence-electron chi connectivity index (χ0n) is 12.9. The van der Waals surface area contributed by atoms with E-state index in [2.05, 4.69) is 32.4 Å². The summed E-state index contributed by atoms with van der Waals surface area (Å²) in [5.41, 5.74) is 0. The van der Waals surface area contributed by atoms with E-state index in [1.54, 1.807) is 0 Å². The summed E-state index contributed by atoms with van der Waals surface area (Å²) in [7, 11) is 0. The Morgan fingerprint density at radius 1 is 0.850 bits per heavy atom. The van der Waals surface area contributed by atoms with Gasteiger partial charge in [-0.2, -0.15) is 0 Å². The van der Waals surface area contributed by atoms with Crippen LogP contribution in [0, 0.1) is 9.85 Å². The molecule has 0 aromatic carbocycles. The number of unbranched alkanes of at least 4 members (excludes halogenated alkanes) is 6. The van der Waals surface area contributed by atoms with Crippen LogP contribution in [-0.2, 0) is 0 Å². The third-order valence-corrected chi connectivity index (χ3v) is 4.92. The first-order valence-corrected chi connectivity index (χ1v) is 9.45. The molecule has 0 spiro atoms. The normalized spacial score (nSPS) is 17.5. The van der Waals surface area contributed by atoms with Crippen molar-refractivity contribution in [3.05, 3.63) is 0 Å². The van der Waals surface area contributed by atoms with Crippen molar-refractivity contribution in [2.45, 2.75) is 64.2 Å². The predicted molar refractivity (Wildman–Crippen MR) is 94.8 cm³/mol. The summed E-state index contributed by atoms with van der Waals surface area (Å²) in [6, 6.07) is 0. The number of halogens is 1. The van der Waals surface area contributed by atoms with Crippen molar-refractivity contribution in [1.82, 2.24) is 0 Å². The molecule has 1 N–H and O–H groups in total. The van der Waals surface area contributed by atoms with Gasteiger partial charge in [-0.3, -0.25) is 0 Å². The fourth-order valence-electron chi connectivity index (χ4n) is 3.28. The van der Waals surface area contributed by atoms with Gasteiger partial charge in [0.05, 0.1) is 19.6 Å². The van der Waals surface area contributed by atoms with Gasteiger partial charge in [-0.25, -0.2) is 0 Å². The number of aliphatic hydroxyl groups excluding tert-OH is 1. The van der Waals surface area contributed by atoms with Crippen molar-refractivity contribution in [1.29, 1.82) is 0 Å². The summed E-state index contributed by atoms with van der Waals surface area (Å²) in [5, 5.41) is 8.74. The lowest BCUT2D eigenvalue weighted by Crippen LogP contribution is -2.52. The Balaban J connectivity index is 2.13. The van der Waals surface area contributed by atoms with Crippen LogP contribution in [-0.4, -0.2) is 42.4 Å². The molecular formula is C17H31INO+.